The van der Waals surface area contributed by atoms with Gasteiger partial charge in [-0.2, -0.15) is 0 Å². The van der Waals surface area contributed by atoms with Gasteiger partial charge in [0, 0.05) is 25.2 Å². The molecule has 1 aliphatic heterocycles. The fourth-order valence-electron chi connectivity index (χ4n) is 2.10. The van der Waals surface area contributed by atoms with Gasteiger partial charge in [-0.15, -0.1) is 11.4 Å². The van der Waals surface area contributed by atoms with Crippen molar-refractivity contribution in [2.75, 3.05) is 26.2 Å². The van der Waals surface area contributed by atoms with Gasteiger partial charge < -0.3 is 9.74 Å². The Morgan fingerprint density at radius 3 is 2.89 bits per heavy atom. The van der Waals surface area contributed by atoms with E-state index in [4.69, 9.17) is 4.84 Å². The second kappa shape index (κ2) is 8.52. The Morgan fingerprint density at radius 2 is 2.11 bits per heavy atom. The summed E-state index contributed by atoms with van der Waals surface area (Å²) in [6, 6.07) is 5.54. The Hall–Kier alpha value is -1.57. The minimum atomic E-state index is 0.524. The molecule has 1 fully saturated rings. The van der Waals surface area contributed by atoms with Crippen LogP contribution in [0.4, 0.5) is 0 Å². The monoisotopic (exact) mass is 259 g/mol. The van der Waals surface area contributed by atoms with Crippen LogP contribution in [-0.4, -0.2) is 36.1 Å². The summed E-state index contributed by atoms with van der Waals surface area (Å²) in [5.74, 6) is 6.79. The lowest BCUT2D eigenvalue weighted by Gasteiger charge is -2.25. The zero-order chi connectivity index (χ0) is 13.2. The van der Waals surface area contributed by atoms with Crippen molar-refractivity contribution < 1.29 is 4.84 Å². The molecule has 4 heteroatoms. The van der Waals surface area contributed by atoms with Crippen LogP contribution in [-0.2, 0) is 0 Å². The molecule has 1 aliphatic rings. The van der Waals surface area contributed by atoms with E-state index in [1.165, 1.54) is 32.4 Å². The first-order chi connectivity index (χ1) is 9.45. The zero-order valence-corrected chi connectivity index (χ0v) is 11.3. The second-order valence-electron chi connectivity index (χ2n) is 4.60. The van der Waals surface area contributed by atoms with Gasteiger partial charge >= 0.3 is 0 Å². The molecular formula is C15H21N3O. The van der Waals surface area contributed by atoms with E-state index in [1.54, 1.807) is 12.3 Å². The molecule has 19 heavy (non-hydrogen) atoms. The number of hydrogen-bond acceptors (Lipinski definition) is 4. The number of aromatic nitrogens is 1. The quantitative estimate of drug-likeness (QED) is 0.497. The van der Waals surface area contributed by atoms with Crippen molar-refractivity contribution in [2.24, 2.45) is 0 Å². The zero-order valence-electron chi connectivity index (χ0n) is 11.3. The maximum Gasteiger partial charge on any atom is 0.237 e. The molecule has 4 nitrogen and oxygen atoms in total. The van der Waals surface area contributed by atoms with E-state index in [0.29, 0.717) is 12.4 Å². The average Bonchev–Trinajstić information content (AvgIpc) is 2.48. The summed E-state index contributed by atoms with van der Waals surface area (Å²) >= 11 is 0. The van der Waals surface area contributed by atoms with E-state index < -0.39 is 0 Å². The Balaban J connectivity index is 1.52. The largest absolute Gasteiger partial charge is 0.387 e. The maximum absolute atomic E-state index is 5.23. The van der Waals surface area contributed by atoms with E-state index in [1.807, 2.05) is 12.1 Å². The molecule has 0 bridgehead atoms. The third-order valence-corrected chi connectivity index (χ3v) is 3.10. The summed E-state index contributed by atoms with van der Waals surface area (Å²) in [5, 5.41) is 0. The minimum absolute atomic E-state index is 0.524. The number of nitrogens with zero attached hydrogens (tertiary/aromatic N) is 2. The minimum Gasteiger partial charge on any atom is -0.387 e. The Morgan fingerprint density at radius 1 is 1.21 bits per heavy atom. The number of hydrogen-bond donors (Lipinski definition) is 1. The topological polar surface area (TPSA) is 37.4 Å². The van der Waals surface area contributed by atoms with Gasteiger partial charge in [0.2, 0.25) is 5.88 Å². The van der Waals surface area contributed by atoms with Crippen molar-refractivity contribution in [3.05, 3.63) is 24.4 Å². The molecule has 0 atom stereocenters. The molecule has 1 N–H and O–H groups in total. The van der Waals surface area contributed by atoms with Gasteiger partial charge in [-0.25, -0.2) is 4.98 Å². The molecule has 0 spiro atoms. The summed E-state index contributed by atoms with van der Waals surface area (Å²) in [4.78, 5) is 11.8. The molecule has 1 aromatic rings. The molecule has 0 radical (unpaired) electrons. The van der Waals surface area contributed by atoms with Crippen LogP contribution in [0.5, 0.6) is 5.88 Å². The molecule has 1 saturated heterocycles. The number of hydroxylamine groups is 1. The Kier molecular flexibility index (Phi) is 6.21. The van der Waals surface area contributed by atoms with Crippen LogP contribution >= 0.6 is 0 Å². The van der Waals surface area contributed by atoms with Crippen LogP contribution in [0.25, 0.3) is 0 Å². The number of piperidine rings is 1. The van der Waals surface area contributed by atoms with Crippen molar-refractivity contribution in [2.45, 2.75) is 25.7 Å². The van der Waals surface area contributed by atoms with Crippen LogP contribution in [0.3, 0.4) is 0 Å². The van der Waals surface area contributed by atoms with Crippen molar-refractivity contribution >= 4 is 0 Å². The van der Waals surface area contributed by atoms with E-state index in [2.05, 4.69) is 27.2 Å². The van der Waals surface area contributed by atoms with Gasteiger partial charge in [0.25, 0.3) is 0 Å². The highest BCUT2D eigenvalue weighted by Crippen LogP contribution is 2.08. The number of likely N-dealkylation sites (tertiary alicyclic amines) is 1. The van der Waals surface area contributed by atoms with Gasteiger partial charge in [-0.1, -0.05) is 18.4 Å². The van der Waals surface area contributed by atoms with Crippen LogP contribution in [0, 0.1) is 11.8 Å². The van der Waals surface area contributed by atoms with Crippen LogP contribution < -0.4 is 10.3 Å². The van der Waals surface area contributed by atoms with E-state index >= 15 is 0 Å². The lowest BCUT2D eigenvalue weighted by atomic mass is 10.1. The van der Waals surface area contributed by atoms with Crippen molar-refractivity contribution in [1.29, 1.82) is 0 Å². The van der Waals surface area contributed by atoms with Gasteiger partial charge in [-0.3, -0.25) is 0 Å². The molecule has 0 aromatic carbocycles. The average molecular weight is 259 g/mol. The highest BCUT2D eigenvalue weighted by atomic mass is 16.7. The van der Waals surface area contributed by atoms with E-state index in [-0.39, 0.29) is 0 Å². The van der Waals surface area contributed by atoms with Gasteiger partial charge in [0.15, 0.2) is 0 Å². The molecule has 2 rings (SSSR count). The Labute approximate surface area is 115 Å². The molecular weight excluding hydrogens is 238 g/mol. The van der Waals surface area contributed by atoms with Gasteiger partial charge in [0.1, 0.15) is 0 Å². The molecule has 2 heterocycles. The second-order valence-corrected chi connectivity index (χ2v) is 4.60. The summed E-state index contributed by atoms with van der Waals surface area (Å²) in [6.45, 7) is 4.09. The highest BCUT2D eigenvalue weighted by molar-refractivity contribution is 5.09. The predicted molar refractivity (Wildman–Crippen MR) is 75.6 cm³/mol. The fourth-order valence-corrected chi connectivity index (χ4v) is 2.10. The first kappa shape index (κ1) is 13.9. The van der Waals surface area contributed by atoms with Crippen LogP contribution in [0.15, 0.2) is 24.4 Å². The number of rotatable bonds is 5. The summed E-state index contributed by atoms with van der Waals surface area (Å²) in [5.41, 5.74) is 2.79. The highest BCUT2D eigenvalue weighted by Gasteiger charge is 2.07. The third kappa shape index (κ3) is 5.73. The SMILES string of the molecule is C(#CCNOc1ccccn1)CCN1CCCCC1. The summed E-state index contributed by atoms with van der Waals surface area (Å²) in [6.07, 6.45) is 6.70. The lowest BCUT2D eigenvalue weighted by molar-refractivity contribution is 0.201. The molecule has 1 aromatic heterocycles. The summed E-state index contributed by atoms with van der Waals surface area (Å²) in [7, 11) is 0. The fraction of sp³-hybridized carbons (Fsp3) is 0.533. The van der Waals surface area contributed by atoms with Crippen molar-refractivity contribution in [3.63, 3.8) is 0 Å². The first-order valence-corrected chi connectivity index (χ1v) is 6.94. The summed E-state index contributed by atoms with van der Waals surface area (Å²) < 4.78 is 0. The van der Waals surface area contributed by atoms with Crippen molar-refractivity contribution in [1.82, 2.24) is 15.4 Å². The molecule has 0 aliphatic carbocycles. The van der Waals surface area contributed by atoms with Crippen LogP contribution in [0.1, 0.15) is 25.7 Å². The maximum atomic E-state index is 5.23. The predicted octanol–water partition coefficient (Wildman–Crippen LogP) is 1.84. The normalized spacial score (nSPS) is 15.6. The van der Waals surface area contributed by atoms with Crippen molar-refractivity contribution in [3.8, 4) is 17.7 Å². The smallest absolute Gasteiger partial charge is 0.237 e. The number of pyridine rings is 1. The third-order valence-electron chi connectivity index (χ3n) is 3.10. The van der Waals surface area contributed by atoms with Gasteiger partial charge in [0.05, 0.1) is 6.54 Å². The van der Waals surface area contributed by atoms with Crippen LogP contribution in [0.2, 0.25) is 0 Å². The number of nitrogens with one attached hydrogen (secondary N) is 1. The molecule has 102 valence electrons. The molecule has 0 saturated carbocycles. The van der Waals surface area contributed by atoms with Gasteiger partial charge in [-0.05, 0) is 32.0 Å². The first-order valence-electron chi connectivity index (χ1n) is 6.94. The standard InChI is InChI=1S/C15H21N3O/c1(6-12-18-13-7-2-8-14-18)4-11-17-19-15-9-3-5-10-16-15/h3,5,9-10,17H,2,6-8,11-14H2. The molecule has 0 amide bonds. The van der Waals surface area contributed by atoms with E-state index in [0.717, 1.165) is 13.0 Å². The molecule has 0 unspecified atom stereocenters. The van der Waals surface area contributed by atoms with E-state index in [9.17, 15) is 0 Å². The lowest BCUT2D eigenvalue weighted by Crippen LogP contribution is -2.30. The Bertz CT molecular complexity index is 404.